The third-order valence-electron chi connectivity index (χ3n) is 2.96. The van der Waals surface area contributed by atoms with Crippen LogP contribution in [0.3, 0.4) is 0 Å². The highest BCUT2D eigenvalue weighted by atomic mass is 16.1. The fourth-order valence-corrected chi connectivity index (χ4v) is 1.72. The molecule has 1 rings (SSSR count). The zero-order chi connectivity index (χ0) is 12.8. The first kappa shape index (κ1) is 13.5. The normalized spacial score (nSPS) is 11.4. The summed E-state index contributed by atoms with van der Waals surface area (Å²) in [6.07, 6.45) is 1.92. The summed E-state index contributed by atoms with van der Waals surface area (Å²) in [6.45, 7) is 9.77. The van der Waals surface area contributed by atoms with Gasteiger partial charge in [-0.05, 0) is 57.0 Å². The van der Waals surface area contributed by atoms with E-state index < -0.39 is 0 Å². The second kappa shape index (κ2) is 6.24. The molecular weight excluding hydrogens is 210 g/mol. The van der Waals surface area contributed by atoms with Crippen molar-refractivity contribution >= 4 is 17.5 Å². The lowest BCUT2D eigenvalue weighted by molar-refractivity contribution is -0.113. The molecule has 2 heteroatoms. The fraction of sp³-hybridized carbons (Fsp3) is 0.400. The van der Waals surface area contributed by atoms with Crippen molar-refractivity contribution in [2.24, 2.45) is 0 Å². The summed E-state index contributed by atoms with van der Waals surface area (Å²) >= 11 is 0. The molecule has 92 valence electrons. The van der Waals surface area contributed by atoms with E-state index in [0.717, 1.165) is 24.2 Å². The number of ketones is 1. The van der Waals surface area contributed by atoms with Crippen molar-refractivity contribution in [1.29, 1.82) is 0 Å². The summed E-state index contributed by atoms with van der Waals surface area (Å²) in [5.74, 6) is 0.123. The molecule has 1 aromatic carbocycles. The van der Waals surface area contributed by atoms with Crippen molar-refractivity contribution in [3.8, 4) is 0 Å². The summed E-state index contributed by atoms with van der Waals surface area (Å²) in [5.41, 5.74) is 3.10. The van der Waals surface area contributed by atoms with Crippen molar-refractivity contribution < 1.29 is 4.79 Å². The molecule has 0 N–H and O–H groups in total. The lowest BCUT2D eigenvalue weighted by Gasteiger charge is -2.20. The van der Waals surface area contributed by atoms with Crippen molar-refractivity contribution in [3.05, 3.63) is 35.4 Å². The van der Waals surface area contributed by atoms with E-state index in [1.54, 1.807) is 6.92 Å². The standard InChI is InChI=1S/C15H21NO/c1-5-16(6-2)15-9-7-14(8-10-15)11-12(3)13(4)17/h7-11H,5-6H2,1-4H3/b12-11-. The third-order valence-corrected chi connectivity index (χ3v) is 2.96. The number of rotatable bonds is 5. The number of carbonyl (C=O) groups excluding carboxylic acids is 1. The van der Waals surface area contributed by atoms with Crippen LogP contribution in [-0.2, 0) is 4.79 Å². The SMILES string of the molecule is CCN(CC)c1ccc(/C=C(/C)C(C)=O)cc1. The molecule has 0 fully saturated rings. The van der Waals surface area contributed by atoms with Crippen LogP contribution in [-0.4, -0.2) is 18.9 Å². The Bertz CT molecular complexity index is 399. The molecule has 17 heavy (non-hydrogen) atoms. The smallest absolute Gasteiger partial charge is 0.155 e. The minimum absolute atomic E-state index is 0.123. The molecule has 0 radical (unpaired) electrons. The third kappa shape index (κ3) is 3.74. The van der Waals surface area contributed by atoms with Gasteiger partial charge in [-0.25, -0.2) is 0 Å². The minimum atomic E-state index is 0.123. The number of Topliss-reactive ketones (excluding diaryl/α,β-unsaturated/α-hetero) is 1. The van der Waals surface area contributed by atoms with Gasteiger partial charge in [-0.1, -0.05) is 12.1 Å². The zero-order valence-electron chi connectivity index (χ0n) is 11.2. The largest absolute Gasteiger partial charge is 0.372 e. The van der Waals surface area contributed by atoms with Gasteiger partial charge in [0.15, 0.2) is 5.78 Å². The Labute approximate surface area is 104 Å². The predicted molar refractivity (Wildman–Crippen MR) is 74.3 cm³/mol. The van der Waals surface area contributed by atoms with Crippen LogP contribution in [0, 0.1) is 0 Å². The van der Waals surface area contributed by atoms with Gasteiger partial charge in [-0.2, -0.15) is 0 Å². The van der Waals surface area contributed by atoms with Crippen LogP contribution in [0.1, 0.15) is 33.3 Å². The van der Waals surface area contributed by atoms with E-state index in [-0.39, 0.29) is 5.78 Å². The Balaban J connectivity index is 2.88. The second-order valence-corrected chi connectivity index (χ2v) is 4.15. The molecule has 0 atom stereocenters. The van der Waals surface area contributed by atoms with Gasteiger partial charge >= 0.3 is 0 Å². The van der Waals surface area contributed by atoms with Crippen LogP contribution in [0.5, 0.6) is 0 Å². The lowest BCUT2D eigenvalue weighted by Crippen LogP contribution is -2.21. The van der Waals surface area contributed by atoms with E-state index in [2.05, 4.69) is 43.0 Å². The Hall–Kier alpha value is -1.57. The molecule has 0 aromatic heterocycles. The summed E-state index contributed by atoms with van der Waals surface area (Å²) in [5, 5.41) is 0. The number of hydrogen-bond acceptors (Lipinski definition) is 2. The zero-order valence-corrected chi connectivity index (χ0v) is 11.2. The van der Waals surface area contributed by atoms with Gasteiger partial charge in [-0.15, -0.1) is 0 Å². The molecule has 0 spiro atoms. The van der Waals surface area contributed by atoms with Crippen LogP contribution >= 0.6 is 0 Å². The van der Waals surface area contributed by atoms with E-state index in [1.165, 1.54) is 5.69 Å². The maximum atomic E-state index is 11.1. The predicted octanol–water partition coefficient (Wildman–Crippen LogP) is 3.53. The molecule has 0 heterocycles. The second-order valence-electron chi connectivity index (χ2n) is 4.15. The topological polar surface area (TPSA) is 20.3 Å². The molecule has 0 aliphatic carbocycles. The molecule has 0 saturated carbocycles. The maximum absolute atomic E-state index is 11.1. The van der Waals surface area contributed by atoms with Crippen LogP contribution in [0.25, 0.3) is 6.08 Å². The average Bonchev–Trinajstić information content (AvgIpc) is 2.32. The van der Waals surface area contributed by atoms with Gasteiger partial charge in [0.1, 0.15) is 0 Å². The number of benzene rings is 1. The van der Waals surface area contributed by atoms with Crippen molar-refractivity contribution in [1.82, 2.24) is 0 Å². The van der Waals surface area contributed by atoms with Crippen LogP contribution in [0.4, 0.5) is 5.69 Å². The molecule has 0 saturated heterocycles. The molecule has 0 aliphatic heterocycles. The molecule has 2 nitrogen and oxygen atoms in total. The monoisotopic (exact) mass is 231 g/mol. The Kier molecular flexibility index (Phi) is 4.95. The first-order valence-corrected chi connectivity index (χ1v) is 6.12. The van der Waals surface area contributed by atoms with E-state index in [9.17, 15) is 4.79 Å². The summed E-state index contributed by atoms with van der Waals surface area (Å²) < 4.78 is 0. The van der Waals surface area contributed by atoms with Gasteiger partial charge < -0.3 is 4.90 Å². The molecular formula is C15H21NO. The number of carbonyl (C=O) groups is 1. The molecule has 1 aromatic rings. The van der Waals surface area contributed by atoms with Crippen LogP contribution in [0.15, 0.2) is 29.8 Å². The number of hydrogen-bond donors (Lipinski definition) is 0. The van der Waals surface area contributed by atoms with Gasteiger partial charge in [-0.3, -0.25) is 4.79 Å². The van der Waals surface area contributed by atoms with E-state index in [0.29, 0.717) is 0 Å². The lowest BCUT2D eigenvalue weighted by atomic mass is 10.1. The Morgan fingerprint density at radius 2 is 1.65 bits per heavy atom. The highest BCUT2D eigenvalue weighted by Gasteiger charge is 2.01. The van der Waals surface area contributed by atoms with Gasteiger partial charge in [0.25, 0.3) is 0 Å². The number of nitrogens with zero attached hydrogens (tertiary/aromatic N) is 1. The quantitative estimate of drug-likeness (QED) is 0.723. The molecule has 0 aliphatic rings. The Morgan fingerprint density at radius 1 is 1.12 bits per heavy atom. The van der Waals surface area contributed by atoms with Crippen molar-refractivity contribution in [3.63, 3.8) is 0 Å². The summed E-state index contributed by atoms with van der Waals surface area (Å²) in [7, 11) is 0. The van der Waals surface area contributed by atoms with Crippen molar-refractivity contribution in [2.45, 2.75) is 27.7 Å². The maximum Gasteiger partial charge on any atom is 0.155 e. The van der Waals surface area contributed by atoms with E-state index in [4.69, 9.17) is 0 Å². The minimum Gasteiger partial charge on any atom is -0.372 e. The molecule has 0 amide bonds. The molecule has 0 unspecified atom stereocenters. The van der Waals surface area contributed by atoms with Crippen molar-refractivity contribution in [2.75, 3.05) is 18.0 Å². The number of allylic oxidation sites excluding steroid dienone is 1. The van der Waals surface area contributed by atoms with E-state index in [1.807, 2.05) is 13.0 Å². The van der Waals surface area contributed by atoms with Gasteiger partial charge in [0, 0.05) is 18.8 Å². The highest BCUT2D eigenvalue weighted by Crippen LogP contribution is 2.16. The van der Waals surface area contributed by atoms with Gasteiger partial charge in [0.2, 0.25) is 0 Å². The van der Waals surface area contributed by atoms with Crippen LogP contribution in [0.2, 0.25) is 0 Å². The molecule has 0 bridgehead atoms. The average molecular weight is 231 g/mol. The first-order valence-electron chi connectivity index (χ1n) is 6.12. The highest BCUT2D eigenvalue weighted by molar-refractivity contribution is 5.97. The van der Waals surface area contributed by atoms with Crippen LogP contribution < -0.4 is 4.90 Å². The summed E-state index contributed by atoms with van der Waals surface area (Å²) in [4.78, 5) is 13.4. The Morgan fingerprint density at radius 3 is 2.06 bits per heavy atom. The number of anilines is 1. The van der Waals surface area contributed by atoms with E-state index >= 15 is 0 Å². The fourth-order valence-electron chi connectivity index (χ4n) is 1.72. The van der Waals surface area contributed by atoms with Gasteiger partial charge in [0.05, 0.1) is 0 Å². The summed E-state index contributed by atoms with van der Waals surface area (Å²) in [6, 6.07) is 8.32. The first-order chi connectivity index (χ1) is 8.08.